The molecular weight excluding hydrogens is 307 g/mol. The zero-order valence-electron chi connectivity index (χ0n) is 12.4. The van der Waals surface area contributed by atoms with Gasteiger partial charge in [-0.25, -0.2) is 4.68 Å². The first-order chi connectivity index (χ1) is 10.9. The van der Waals surface area contributed by atoms with Crippen molar-refractivity contribution in [2.75, 3.05) is 6.54 Å². The Hall–Kier alpha value is -2.51. The first kappa shape index (κ1) is 15.4. The second kappa shape index (κ2) is 5.94. The number of alkyl halides is 3. The number of halogens is 3. The molecule has 2 heterocycles. The van der Waals surface area contributed by atoms with Gasteiger partial charge in [0.1, 0.15) is 0 Å². The van der Waals surface area contributed by atoms with Gasteiger partial charge >= 0.3 is 6.18 Å². The van der Waals surface area contributed by atoms with Crippen LogP contribution in [0.25, 0.3) is 5.69 Å². The molecule has 23 heavy (non-hydrogen) atoms. The fraction of sp³-hybridized carbons (Fsp3) is 0.333. The molecule has 5 nitrogen and oxygen atoms in total. The topological polar surface area (TPSA) is 54.2 Å². The van der Waals surface area contributed by atoms with Gasteiger partial charge in [0.15, 0.2) is 11.7 Å². The van der Waals surface area contributed by atoms with E-state index in [0.717, 1.165) is 24.1 Å². The van der Waals surface area contributed by atoms with Crippen LogP contribution >= 0.6 is 0 Å². The largest absolute Gasteiger partial charge is 0.435 e. The molecule has 1 unspecified atom stereocenters. The monoisotopic (exact) mass is 323 g/mol. The summed E-state index contributed by atoms with van der Waals surface area (Å²) in [4.78, 5) is 4.30. The average molecular weight is 323 g/mol. The predicted molar refractivity (Wildman–Crippen MR) is 80.3 cm³/mol. The van der Waals surface area contributed by atoms with Crippen LogP contribution in [0.2, 0.25) is 0 Å². The smallest absolute Gasteiger partial charge is 0.352 e. The van der Waals surface area contributed by atoms with Crippen molar-refractivity contribution in [1.82, 2.24) is 20.4 Å². The minimum atomic E-state index is -4.43. The highest BCUT2D eigenvalue weighted by molar-refractivity contribution is 5.81. The third kappa shape index (κ3) is 3.64. The fourth-order valence-corrected chi connectivity index (χ4v) is 2.23. The SMILES string of the molecule is CC1CN=C(NCc2ccc(-n3ccc(C(F)(F)F)n3)cc2)N1. The Morgan fingerprint density at radius 3 is 2.57 bits per heavy atom. The quantitative estimate of drug-likeness (QED) is 0.911. The Labute approximate surface area is 131 Å². The van der Waals surface area contributed by atoms with Gasteiger partial charge in [-0.1, -0.05) is 12.1 Å². The van der Waals surface area contributed by atoms with E-state index in [1.165, 1.54) is 10.9 Å². The molecule has 3 rings (SSSR count). The van der Waals surface area contributed by atoms with E-state index in [2.05, 4.69) is 20.7 Å². The Morgan fingerprint density at radius 2 is 2.00 bits per heavy atom. The first-order valence-corrected chi connectivity index (χ1v) is 7.19. The highest BCUT2D eigenvalue weighted by Gasteiger charge is 2.33. The van der Waals surface area contributed by atoms with Gasteiger partial charge in [-0.15, -0.1) is 0 Å². The van der Waals surface area contributed by atoms with Crippen LogP contribution in [0.5, 0.6) is 0 Å². The molecule has 0 fully saturated rings. The Morgan fingerprint density at radius 1 is 1.26 bits per heavy atom. The van der Waals surface area contributed by atoms with E-state index < -0.39 is 11.9 Å². The maximum absolute atomic E-state index is 12.6. The van der Waals surface area contributed by atoms with Crippen LogP contribution in [0.15, 0.2) is 41.5 Å². The molecule has 0 saturated heterocycles. The molecule has 2 aromatic rings. The number of hydrogen-bond donors (Lipinski definition) is 2. The summed E-state index contributed by atoms with van der Waals surface area (Å²) < 4.78 is 38.9. The summed E-state index contributed by atoms with van der Waals surface area (Å²) >= 11 is 0. The fourth-order valence-electron chi connectivity index (χ4n) is 2.23. The lowest BCUT2D eigenvalue weighted by Gasteiger charge is -2.09. The van der Waals surface area contributed by atoms with E-state index in [0.29, 0.717) is 18.3 Å². The molecule has 2 N–H and O–H groups in total. The highest BCUT2D eigenvalue weighted by atomic mass is 19.4. The molecule has 0 saturated carbocycles. The second-order valence-electron chi connectivity index (χ2n) is 5.40. The summed E-state index contributed by atoms with van der Waals surface area (Å²) in [6.07, 6.45) is -3.13. The van der Waals surface area contributed by atoms with Gasteiger partial charge in [-0.05, 0) is 30.7 Å². The first-order valence-electron chi connectivity index (χ1n) is 7.19. The molecule has 1 aliphatic heterocycles. The van der Waals surface area contributed by atoms with Crippen LogP contribution in [0.3, 0.4) is 0 Å². The lowest BCUT2D eigenvalue weighted by Crippen LogP contribution is -2.37. The van der Waals surface area contributed by atoms with Gasteiger partial charge < -0.3 is 10.6 Å². The van der Waals surface area contributed by atoms with Crippen molar-refractivity contribution in [3.8, 4) is 5.69 Å². The van der Waals surface area contributed by atoms with Crippen LogP contribution in [-0.4, -0.2) is 28.3 Å². The molecule has 1 atom stereocenters. The van der Waals surface area contributed by atoms with Crippen molar-refractivity contribution in [3.63, 3.8) is 0 Å². The van der Waals surface area contributed by atoms with Gasteiger partial charge in [0.25, 0.3) is 0 Å². The summed E-state index contributed by atoms with van der Waals surface area (Å²) in [5.41, 5.74) is 0.679. The second-order valence-corrected chi connectivity index (χ2v) is 5.40. The minimum absolute atomic E-state index is 0.336. The number of nitrogens with one attached hydrogen (secondary N) is 2. The van der Waals surface area contributed by atoms with Crippen molar-refractivity contribution in [2.45, 2.75) is 25.7 Å². The zero-order chi connectivity index (χ0) is 16.4. The molecule has 122 valence electrons. The van der Waals surface area contributed by atoms with Crippen LogP contribution in [0, 0.1) is 0 Å². The lowest BCUT2D eigenvalue weighted by atomic mass is 10.2. The Kier molecular flexibility index (Phi) is 3.97. The lowest BCUT2D eigenvalue weighted by molar-refractivity contribution is -0.141. The molecular formula is C15H16F3N5. The number of rotatable bonds is 3. The average Bonchev–Trinajstić information content (AvgIpc) is 3.14. The highest BCUT2D eigenvalue weighted by Crippen LogP contribution is 2.27. The van der Waals surface area contributed by atoms with Crippen molar-refractivity contribution in [1.29, 1.82) is 0 Å². The number of aliphatic imine (C=N–C) groups is 1. The van der Waals surface area contributed by atoms with Crippen LogP contribution in [0.1, 0.15) is 18.2 Å². The van der Waals surface area contributed by atoms with Gasteiger partial charge in [0.2, 0.25) is 0 Å². The Balaban J connectivity index is 1.64. The molecule has 0 radical (unpaired) electrons. The van der Waals surface area contributed by atoms with E-state index in [4.69, 9.17) is 0 Å². The standard InChI is InChI=1S/C15H16F3N5/c1-10-8-19-14(21-10)20-9-11-2-4-12(5-3-11)23-7-6-13(22-23)15(16,17)18/h2-7,10H,8-9H2,1H3,(H2,19,20,21). The summed E-state index contributed by atoms with van der Waals surface area (Å²) in [5.74, 6) is 0.767. The number of benzene rings is 1. The summed E-state index contributed by atoms with van der Waals surface area (Å²) in [5, 5.41) is 9.92. The zero-order valence-corrected chi connectivity index (χ0v) is 12.4. The van der Waals surface area contributed by atoms with E-state index in [9.17, 15) is 13.2 Å². The molecule has 0 aliphatic carbocycles. The normalized spacial score (nSPS) is 17.7. The number of guanidine groups is 1. The maximum Gasteiger partial charge on any atom is 0.435 e. The third-order valence-electron chi connectivity index (χ3n) is 3.45. The van der Waals surface area contributed by atoms with Crippen molar-refractivity contribution in [2.24, 2.45) is 4.99 Å². The number of hydrogen-bond acceptors (Lipinski definition) is 4. The van der Waals surface area contributed by atoms with Crippen molar-refractivity contribution >= 4 is 5.96 Å². The van der Waals surface area contributed by atoms with E-state index in [1.54, 1.807) is 12.1 Å². The van der Waals surface area contributed by atoms with Gasteiger partial charge in [0, 0.05) is 18.8 Å². The molecule has 0 amide bonds. The molecule has 0 spiro atoms. The molecule has 8 heteroatoms. The van der Waals surface area contributed by atoms with Crippen LogP contribution < -0.4 is 10.6 Å². The van der Waals surface area contributed by atoms with E-state index in [1.807, 2.05) is 19.1 Å². The summed E-state index contributed by atoms with van der Waals surface area (Å²) in [6.45, 7) is 3.39. The van der Waals surface area contributed by atoms with Crippen LogP contribution in [0.4, 0.5) is 13.2 Å². The summed E-state index contributed by atoms with van der Waals surface area (Å²) in [7, 11) is 0. The third-order valence-corrected chi connectivity index (χ3v) is 3.45. The minimum Gasteiger partial charge on any atom is -0.352 e. The molecule has 1 aliphatic rings. The van der Waals surface area contributed by atoms with Crippen molar-refractivity contribution < 1.29 is 13.2 Å². The van der Waals surface area contributed by atoms with Crippen LogP contribution in [-0.2, 0) is 12.7 Å². The maximum atomic E-state index is 12.6. The van der Waals surface area contributed by atoms with E-state index in [-0.39, 0.29) is 0 Å². The van der Waals surface area contributed by atoms with Gasteiger partial charge in [-0.3, -0.25) is 4.99 Å². The van der Waals surface area contributed by atoms with Gasteiger partial charge in [0.05, 0.1) is 12.2 Å². The molecule has 1 aromatic carbocycles. The van der Waals surface area contributed by atoms with Crippen molar-refractivity contribution in [3.05, 3.63) is 47.8 Å². The molecule has 0 bridgehead atoms. The van der Waals surface area contributed by atoms with Gasteiger partial charge in [-0.2, -0.15) is 18.3 Å². The predicted octanol–water partition coefficient (Wildman–Crippen LogP) is 2.33. The molecule has 1 aromatic heterocycles. The van der Waals surface area contributed by atoms with E-state index >= 15 is 0 Å². The number of aromatic nitrogens is 2. The Bertz CT molecular complexity index is 703. The summed E-state index contributed by atoms with van der Waals surface area (Å²) in [6, 6.07) is 8.45. The number of nitrogens with zero attached hydrogens (tertiary/aromatic N) is 3.